The first-order valence-electron chi connectivity index (χ1n) is 4.00. The molecule has 0 aromatic heterocycles. The van der Waals surface area contributed by atoms with Crippen molar-refractivity contribution in [2.45, 2.75) is 25.6 Å². The van der Waals surface area contributed by atoms with Gasteiger partial charge in [-0.15, -0.1) is 0 Å². The van der Waals surface area contributed by atoms with Crippen LogP contribution in [0.5, 0.6) is 0 Å². The van der Waals surface area contributed by atoms with Crippen molar-refractivity contribution in [3.63, 3.8) is 0 Å². The Hall–Kier alpha value is -0.655. The van der Waals surface area contributed by atoms with Crippen molar-refractivity contribution in [2.75, 3.05) is 7.05 Å². The average molecular weight is 148 g/mol. The predicted molar refractivity (Wildman–Crippen MR) is 50.7 cm³/mol. The number of nitrogens with zero attached hydrogens (tertiary/aromatic N) is 1. The fourth-order valence-corrected chi connectivity index (χ4v) is 1.40. The molecule has 0 saturated carbocycles. The normalized spacial score (nSPS) is 32.1. The van der Waals surface area contributed by atoms with Gasteiger partial charge in [-0.2, -0.15) is 0 Å². The Kier molecular flexibility index (Phi) is 2.12. The van der Waals surface area contributed by atoms with Crippen molar-refractivity contribution in [2.24, 2.45) is 0 Å². The van der Waals surface area contributed by atoms with E-state index in [1.807, 2.05) is 0 Å². The molecule has 59 valence electrons. The summed E-state index contributed by atoms with van der Waals surface area (Å²) >= 11 is 0. The Morgan fingerprint density at radius 2 is 1.91 bits per heavy atom. The summed E-state index contributed by atoms with van der Waals surface area (Å²) in [5.41, 5.74) is 2.22. The zero-order valence-corrected chi connectivity index (χ0v) is 7.59. The first kappa shape index (κ1) is 8.44. The van der Waals surface area contributed by atoms with Crippen LogP contribution < -0.4 is 0 Å². The van der Waals surface area contributed by atoms with Crippen LogP contribution in [0.1, 0.15) is 13.8 Å². The maximum atomic E-state index is 3.99. The van der Waals surface area contributed by atoms with Gasteiger partial charge in [0.05, 0.1) is 0 Å². The molecule has 0 N–H and O–H groups in total. The van der Waals surface area contributed by atoms with E-state index in [2.05, 4.69) is 46.2 Å². The second kappa shape index (κ2) is 2.76. The van der Waals surface area contributed by atoms with Gasteiger partial charge >= 0.3 is 0 Å². The van der Waals surface area contributed by atoms with Crippen molar-refractivity contribution < 1.29 is 0 Å². The minimum absolute atomic E-state index is 0.480. The van der Waals surface area contributed by atoms with Crippen LogP contribution in [0.2, 0.25) is 5.82 Å². The standard InChI is InChI=1S/C9H15BN/c1-6-7(2)10-9(4)11(5)8(6)3/h7,9H,1,3H2,2,4-5H3. The molecule has 1 aliphatic heterocycles. The third-order valence-corrected chi connectivity index (χ3v) is 2.52. The smallest absolute Gasteiger partial charge is 0.149 e. The van der Waals surface area contributed by atoms with Crippen LogP contribution in [-0.2, 0) is 0 Å². The van der Waals surface area contributed by atoms with Crippen LogP contribution in [-0.4, -0.2) is 25.2 Å². The molecule has 1 rings (SSSR count). The van der Waals surface area contributed by atoms with E-state index in [1.165, 1.54) is 0 Å². The molecule has 0 bridgehead atoms. The van der Waals surface area contributed by atoms with Gasteiger partial charge in [-0.1, -0.05) is 27.0 Å². The molecule has 1 radical (unpaired) electrons. The molecule has 11 heavy (non-hydrogen) atoms. The van der Waals surface area contributed by atoms with Crippen LogP contribution in [0.25, 0.3) is 0 Å². The van der Waals surface area contributed by atoms with Gasteiger partial charge < -0.3 is 4.90 Å². The number of hydrogen-bond donors (Lipinski definition) is 0. The van der Waals surface area contributed by atoms with Crippen LogP contribution in [0.3, 0.4) is 0 Å². The Labute approximate surface area is 70.0 Å². The second-order valence-corrected chi connectivity index (χ2v) is 3.30. The van der Waals surface area contributed by atoms with Gasteiger partial charge in [0.25, 0.3) is 0 Å². The first-order valence-corrected chi connectivity index (χ1v) is 4.00. The van der Waals surface area contributed by atoms with Crippen LogP contribution in [0.4, 0.5) is 0 Å². The molecule has 0 aromatic rings. The minimum atomic E-state index is 0.480. The quantitative estimate of drug-likeness (QED) is 0.474. The van der Waals surface area contributed by atoms with E-state index in [9.17, 15) is 0 Å². The summed E-state index contributed by atoms with van der Waals surface area (Å²) in [5.74, 6) is 0.969. The molecule has 0 spiro atoms. The SMILES string of the molecule is C=C1C(=C)N(C)C(C)[B]C1C. The summed E-state index contributed by atoms with van der Waals surface area (Å²) in [4.78, 5) is 2.16. The van der Waals surface area contributed by atoms with Gasteiger partial charge in [-0.05, 0) is 17.3 Å². The van der Waals surface area contributed by atoms with Gasteiger partial charge in [0, 0.05) is 12.7 Å². The maximum absolute atomic E-state index is 3.99. The van der Waals surface area contributed by atoms with E-state index in [0.29, 0.717) is 11.8 Å². The van der Waals surface area contributed by atoms with Crippen LogP contribution >= 0.6 is 0 Å². The lowest BCUT2D eigenvalue weighted by Crippen LogP contribution is -2.40. The fourth-order valence-electron chi connectivity index (χ4n) is 1.40. The maximum Gasteiger partial charge on any atom is 0.149 e. The molecule has 2 unspecified atom stereocenters. The third-order valence-electron chi connectivity index (χ3n) is 2.52. The third kappa shape index (κ3) is 1.35. The monoisotopic (exact) mass is 148 g/mol. The molecule has 2 heteroatoms. The lowest BCUT2D eigenvalue weighted by Gasteiger charge is -2.38. The molecular weight excluding hydrogens is 133 g/mol. The van der Waals surface area contributed by atoms with Crippen molar-refractivity contribution in [1.82, 2.24) is 4.90 Å². The lowest BCUT2D eigenvalue weighted by molar-refractivity contribution is 0.393. The Bertz CT molecular complexity index is 198. The van der Waals surface area contributed by atoms with Gasteiger partial charge in [0.15, 0.2) is 0 Å². The highest BCUT2D eigenvalue weighted by molar-refractivity contribution is 6.41. The molecule has 0 aliphatic carbocycles. The van der Waals surface area contributed by atoms with Crippen LogP contribution in [0.15, 0.2) is 24.4 Å². The number of likely N-dealkylation sites (N-methyl/N-ethyl adjacent to an activating group) is 1. The minimum Gasteiger partial charge on any atom is -0.380 e. The first-order chi connectivity index (χ1) is 5.04. The topological polar surface area (TPSA) is 3.24 Å². The Morgan fingerprint density at radius 1 is 1.36 bits per heavy atom. The molecule has 2 atom stereocenters. The van der Waals surface area contributed by atoms with Crippen molar-refractivity contribution >= 4 is 7.28 Å². The molecule has 1 fully saturated rings. The van der Waals surface area contributed by atoms with E-state index < -0.39 is 0 Å². The zero-order chi connectivity index (χ0) is 8.59. The summed E-state index contributed by atoms with van der Waals surface area (Å²) in [6.07, 6.45) is 0. The number of rotatable bonds is 0. The molecule has 1 nitrogen and oxygen atoms in total. The van der Waals surface area contributed by atoms with E-state index >= 15 is 0 Å². The largest absolute Gasteiger partial charge is 0.380 e. The highest BCUT2D eigenvalue weighted by Crippen LogP contribution is 2.30. The van der Waals surface area contributed by atoms with Gasteiger partial charge in [0.1, 0.15) is 7.28 Å². The molecule has 0 amide bonds. The van der Waals surface area contributed by atoms with Gasteiger partial charge in [0.2, 0.25) is 0 Å². The summed E-state index contributed by atoms with van der Waals surface area (Å²) < 4.78 is 0. The molecular formula is C9H15BN. The van der Waals surface area contributed by atoms with Crippen LogP contribution in [0, 0.1) is 0 Å². The highest BCUT2D eigenvalue weighted by atomic mass is 15.1. The number of hydrogen-bond acceptors (Lipinski definition) is 1. The van der Waals surface area contributed by atoms with E-state index in [-0.39, 0.29) is 0 Å². The average Bonchev–Trinajstić information content (AvgIpc) is 1.97. The van der Waals surface area contributed by atoms with E-state index in [4.69, 9.17) is 0 Å². The van der Waals surface area contributed by atoms with Crippen molar-refractivity contribution in [3.8, 4) is 0 Å². The summed E-state index contributed by atoms with van der Waals surface area (Å²) in [6, 6.07) is 0. The van der Waals surface area contributed by atoms with Crippen molar-refractivity contribution in [1.29, 1.82) is 0 Å². The lowest BCUT2D eigenvalue weighted by atomic mass is 9.54. The van der Waals surface area contributed by atoms with E-state index in [0.717, 1.165) is 11.3 Å². The van der Waals surface area contributed by atoms with Gasteiger partial charge in [-0.25, -0.2) is 0 Å². The molecule has 1 heterocycles. The predicted octanol–water partition coefficient (Wildman–Crippen LogP) is 1.86. The second-order valence-electron chi connectivity index (χ2n) is 3.30. The molecule has 0 aromatic carbocycles. The fraction of sp³-hybridized carbons (Fsp3) is 0.556. The van der Waals surface area contributed by atoms with E-state index in [1.54, 1.807) is 0 Å². The summed E-state index contributed by atoms with van der Waals surface area (Å²) in [6.45, 7) is 12.3. The molecule has 1 saturated heterocycles. The zero-order valence-electron chi connectivity index (χ0n) is 7.59. The summed E-state index contributed by atoms with van der Waals surface area (Å²) in [7, 11) is 4.34. The highest BCUT2D eigenvalue weighted by Gasteiger charge is 2.25. The van der Waals surface area contributed by atoms with Gasteiger partial charge in [-0.3, -0.25) is 0 Å². The Morgan fingerprint density at radius 3 is 2.45 bits per heavy atom. The molecule has 1 aliphatic rings. The van der Waals surface area contributed by atoms with Crippen molar-refractivity contribution in [3.05, 3.63) is 24.4 Å². The summed E-state index contributed by atoms with van der Waals surface area (Å²) in [5, 5.41) is 0. The number of allylic oxidation sites excluding steroid dienone is 1. The Balaban J connectivity index is 2.79.